The number of nitrogens with zero attached hydrogens (tertiary/aromatic N) is 2. The van der Waals surface area contributed by atoms with Gasteiger partial charge in [0.2, 0.25) is 0 Å². The number of furan rings is 1. The number of amides is 1. The molecule has 0 radical (unpaired) electrons. The van der Waals surface area contributed by atoms with Gasteiger partial charge < -0.3 is 14.8 Å². The van der Waals surface area contributed by atoms with Crippen LogP contribution in [0.2, 0.25) is 0 Å². The van der Waals surface area contributed by atoms with Crippen LogP contribution in [0.3, 0.4) is 0 Å². The van der Waals surface area contributed by atoms with Gasteiger partial charge in [-0.1, -0.05) is 0 Å². The van der Waals surface area contributed by atoms with E-state index in [0.717, 1.165) is 5.56 Å². The van der Waals surface area contributed by atoms with E-state index in [2.05, 4.69) is 10.4 Å². The fourth-order valence-electron chi connectivity index (χ4n) is 2.59. The Labute approximate surface area is 116 Å². The lowest BCUT2D eigenvalue weighted by Gasteiger charge is -2.37. The first-order chi connectivity index (χ1) is 9.63. The molecule has 3 rings (SSSR count). The number of aryl methyl sites for hydroxylation is 1. The van der Waals surface area contributed by atoms with E-state index in [1.54, 1.807) is 16.9 Å². The molecule has 0 aliphatic heterocycles. The second-order valence-corrected chi connectivity index (χ2v) is 5.30. The van der Waals surface area contributed by atoms with Gasteiger partial charge in [0, 0.05) is 18.8 Å². The van der Waals surface area contributed by atoms with Gasteiger partial charge >= 0.3 is 0 Å². The molecule has 2 aromatic rings. The number of hydrogen-bond donors (Lipinski definition) is 2. The lowest BCUT2D eigenvalue weighted by Crippen LogP contribution is -2.41. The van der Waals surface area contributed by atoms with Gasteiger partial charge in [0.05, 0.1) is 30.2 Å². The standard InChI is InChI=1S/C14H17N3O3/c1-17-7-11(6-15-17)13(10-4-12(18)5-10)16-14(19)9-2-3-20-8-9/h2-3,6-8,10,12-13,18H,4-5H2,1H3,(H,16,19). The van der Waals surface area contributed by atoms with Gasteiger partial charge in [-0.25, -0.2) is 0 Å². The minimum atomic E-state index is -0.259. The predicted octanol–water partition coefficient (Wildman–Crippen LogP) is 1.26. The molecule has 1 aliphatic carbocycles. The molecule has 0 aromatic carbocycles. The average Bonchev–Trinajstić information content (AvgIpc) is 3.03. The van der Waals surface area contributed by atoms with Crippen LogP contribution in [0.1, 0.15) is 34.8 Å². The van der Waals surface area contributed by atoms with Crippen molar-refractivity contribution in [3.8, 4) is 0 Å². The highest BCUT2D eigenvalue weighted by Gasteiger charge is 2.36. The summed E-state index contributed by atoms with van der Waals surface area (Å²) >= 11 is 0. The first-order valence-corrected chi connectivity index (χ1v) is 6.63. The van der Waals surface area contributed by atoms with Crippen LogP contribution in [-0.4, -0.2) is 26.9 Å². The zero-order valence-electron chi connectivity index (χ0n) is 11.2. The summed E-state index contributed by atoms with van der Waals surface area (Å²) in [4.78, 5) is 12.2. The molecule has 1 unspecified atom stereocenters. The third kappa shape index (κ3) is 2.46. The predicted molar refractivity (Wildman–Crippen MR) is 70.9 cm³/mol. The van der Waals surface area contributed by atoms with Gasteiger partial charge in [-0.15, -0.1) is 0 Å². The maximum Gasteiger partial charge on any atom is 0.255 e. The summed E-state index contributed by atoms with van der Waals surface area (Å²) in [7, 11) is 1.84. The minimum Gasteiger partial charge on any atom is -0.472 e. The quantitative estimate of drug-likeness (QED) is 0.880. The molecule has 20 heavy (non-hydrogen) atoms. The second-order valence-electron chi connectivity index (χ2n) is 5.30. The maximum absolute atomic E-state index is 12.2. The Morgan fingerprint density at radius 1 is 1.60 bits per heavy atom. The Hall–Kier alpha value is -2.08. The molecule has 0 bridgehead atoms. The highest BCUT2D eigenvalue weighted by molar-refractivity contribution is 5.94. The lowest BCUT2D eigenvalue weighted by atomic mass is 9.75. The van der Waals surface area contributed by atoms with E-state index in [0.29, 0.717) is 18.4 Å². The highest BCUT2D eigenvalue weighted by Crippen LogP contribution is 2.38. The monoisotopic (exact) mass is 275 g/mol. The minimum absolute atomic E-state index is 0.130. The first-order valence-electron chi connectivity index (χ1n) is 6.63. The number of carbonyl (C=O) groups excluding carboxylic acids is 1. The van der Waals surface area contributed by atoms with Gasteiger partial charge in [-0.3, -0.25) is 9.48 Å². The third-order valence-electron chi connectivity index (χ3n) is 3.77. The van der Waals surface area contributed by atoms with E-state index in [9.17, 15) is 9.90 Å². The number of aromatic nitrogens is 2. The molecular weight excluding hydrogens is 258 g/mol. The molecule has 2 aromatic heterocycles. The molecular formula is C14H17N3O3. The van der Waals surface area contributed by atoms with Gasteiger partial charge in [-0.05, 0) is 24.8 Å². The molecule has 6 nitrogen and oxygen atoms in total. The molecule has 6 heteroatoms. The summed E-state index contributed by atoms with van der Waals surface area (Å²) in [6.07, 6.45) is 7.68. The molecule has 1 aliphatic rings. The van der Waals surface area contributed by atoms with E-state index < -0.39 is 0 Å². The fourth-order valence-corrected chi connectivity index (χ4v) is 2.59. The summed E-state index contributed by atoms with van der Waals surface area (Å²) in [5.74, 6) is 0.0686. The third-order valence-corrected chi connectivity index (χ3v) is 3.77. The SMILES string of the molecule is Cn1cc(C(NC(=O)c2ccoc2)C2CC(O)C2)cn1. The van der Waals surface area contributed by atoms with Crippen LogP contribution < -0.4 is 5.32 Å². The van der Waals surface area contributed by atoms with Crippen LogP contribution in [0.25, 0.3) is 0 Å². The summed E-state index contributed by atoms with van der Waals surface area (Å²) in [5, 5.41) is 16.6. The number of aliphatic hydroxyl groups excluding tert-OH is 1. The summed E-state index contributed by atoms with van der Waals surface area (Å²) < 4.78 is 6.64. The van der Waals surface area contributed by atoms with E-state index >= 15 is 0 Å². The number of rotatable bonds is 4. The Morgan fingerprint density at radius 2 is 2.40 bits per heavy atom. The molecule has 2 heterocycles. The molecule has 0 saturated heterocycles. The molecule has 106 valence electrons. The molecule has 2 N–H and O–H groups in total. The van der Waals surface area contributed by atoms with E-state index in [4.69, 9.17) is 4.42 Å². The fraction of sp³-hybridized carbons (Fsp3) is 0.429. The summed E-state index contributed by atoms with van der Waals surface area (Å²) in [6.45, 7) is 0. The highest BCUT2D eigenvalue weighted by atomic mass is 16.3. The van der Waals surface area contributed by atoms with Crippen molar-refractivity contribution in [2.24, 2.45) is 13.0 Å². The normalized spacial score (nSPS) is 23.1. The van der Waals surface area contributed by atoms with Crippen molar-refractivity contribution in [2.75, 3.05) is 0 Å². The smallest absolute Gasteiger partial charge is 0.255 e. The Balaban J connectivity index is 1.77. The topological polar surface area (TPSA) is 80.3 Å². The Bertz CT molecular complexity index is 585. The molecule has 0 spiro atoms. The Kier molecular flexibility index (Phi) is 3.31. The van der Waals surface area contributed by atoms with E-state index in [-0.39, 0.29) is 24.0 Å². The largest absolute Gasteiger partial charge is 0.472 e. The Morgan fingerprint density at radius 3 is 2.95 bits per heavy atom. The van der Waals surface area contributed by atoms with E-state index in [1.165, 1.54) is 12.5 Å². The van der Waals surface area contributed by atoms with E-state index in [1.807, 2.05) is 13.2 Å². The number of aliphatic hydroxyl groups is 1. The van der Waals surface area contributed by atoms with Crippen molar-refractivity contribution < 1.29 is 14.3 Å². The van der Waals surface area contributed by atoms with Crippen LogP contribution in [0.4, 0.5) is 0 Å². The number of hydrogen-bond acceptors (Lipinski definition) is 4. The molecule has 1 atom stereocenters. The van der Waals surface area contributed by atoms with Crippen LogP contribution in [0.15, 0.2) is 35.4 Å². The van der Waals surface area contributed by atoms with Crippen molar-refractivity contribution in [3.05, 3.63) is 42.1 Å². The molecule has 1 fully saturated rings. The summed E-state index contributed by atoms with van der Waals surface area (Å²) in [6, 6.07) is 1.50. The zero-order chi connectivity index (χ0) is 14.1. The van der Waals surface area contributed by atoms with Crippen LogP contribution >= 0.6 is 0 Å². The van der Waals surface area contributed by atoms with Gasteiger partial charge in [0.15, 0.2) is 0 Å². The van der Waals surface area contributed by atoms with Crippen molar-refractivity contribution in [1.82, 2.24) is 15.1 Å². The zero-order valence-corrected chi connectivity index (χ0v) is 11.2. The van der Waals surface area contributed by atoms with Gasteiger partial charge in [0.1, 0.15) is 6.26 Å². The van der Waals surface area contributed by atoms with Crippen molar-refractivity contribution in [1.29, 1.82) is 0 Å². The molecule has 1 amide bonds. The van der Waals surface area contributed by atoms with Crippen LogP contribution in [0.5, 0.6) is 0 Å². The maximum atomic E-state index is 12.2. The first kappa shape index (κ1) is 12.9. The number of nitrogens with one attached hydrogen (secondary N) is 1. The van der Waals surface area contributed by atoms with Crippen molar-refractivity contribution in [2.45, 2.75) is 25.0 Å². The van der Waals surface area contributed by atoms with Gasteiger partial charge in [0.25, 0.3) is 5.91 Å². The molecule has 1 saturated carbocycles. The summed E-state index contributed by atoms with van der Waals surface area (Å²) in [5.41, 5.74) is 1.46. The number of carbonyl (C=O) groups is 1. The van der Waals surface area contributed by atoms with Crippen LogP contribution in [-0.2, 0) is 7.05 Å². The second kappa shape index (κ2) is 5.13. The van der Waals surface area contributed by atoms with Gasteiger partial charge in [-0.2, -0.15) is 5.10 Å². The average molecular weight is 275 g/mol. The lowest BCUT2D eigenvalue weighted by molar-refractivity contribution is 0.0235. The van der Waals surface area contributed by atoms with Crippen molar-refractivity contribution >= 4 is 5.91 Å². The van der Waals surface area contributed by atoms with Crippen LogP contribution in [0, 0.1) is 5.92 Å². The van der Waals surface area contributed by atoms with Crippen molar-refractivity contribution in [3.63, 3.8) is 0 Å².